The minimum atomic E-state index is 0.318. The molecule has 1 N–H and O–H groups in total. The van der Waals surface area contributed by atoms with Crippen LogP contribution in [0.15, 0.2) is 23.1 Å². The van der Waals surface area contributed by atoms with E-state index in [1.807, 2.05) is 18.4 Å². The molecule has 2 rings (SSSR count). The first kappa shape index (κ1) is 9.19. The molecule has 0 aliphatic heterocycles. The van der Waals surface area contributed by atoms with Crippen molar-refractivity contribution >= 4 is 44.8 Å². The van der Waals surface area contributed by atoms with Crippen molar-refractivity contribution in [2.24, 2.45) is 0 Å². The summed E-state index contributed by atoms with van der Waals surface area (Å²) in [5.41, 5.74) is 0. The Morgan fingerprint density at radius 2 is 2.15 bits per heavy atom. The van der Waals surface area contributed by atoms with Crippen LogP contribution in [0, 0.1) is 0 Å². The number of rotatable bonds is 1. The SMILES string of the molecule is CSc1cc(O)c2sc(Cl)cc2c1. The minimum Gasteiger partial charge on any atom is -0.506 e. The van der Waals surface area contributed by atoms with Crippen LogP contribution in [-0.2, 0) is 0 Å². The smallest absolute Gasteiger partial charge is 0.134 e. The molecule has 0 unspecified atom stereocenters. The van der Waals surface area contributed by atoms with Gasteiger partial charge in [-0.3, -0.25) is 0 Å². The fraction of sp³-hybridized carbons (Fsp3) is 0.111. The maximum absolute atomic E-state index is 9.63. The molecule has 1 aromatic heterocycles. The molecule has 0 radical (unpaired) electrons. The van der Waals surface area contributed by atoms with Gasteiger partial charge in [0.25, 0.3) is 0 Å². The van der Waals surface area contributed by atoms with E-state index in [0.717, 1.165) is 15.0 Å². The Balaban J connectivity index is 2.75. The molecule has 0 fully saturated rings. The number of benzene rings is 1. The molecule has 0 bridgehead atoms. The summed E-state index contributed by atoms with van der Waals surface area (Å²) in [6.07, 6.45) is 1.98. The van der Waals surface area contributed by atoms with Gasteiger partial charge < -0.3 is 5.11 Å². The molecule has 0 saturated heterocycles. The maximum atomic E-state index is 9.63. The molecule has 13 heavy (non-hydrogen) atoms. The Bertz CT molecular complexity index is 450. The van der Waals surface area contributed by atoms with Crippen LogP contribution in [0.5, 0.6) is 5.75 Å². The van der Waals surface area contributed by atoms with Crippen molar-refractivity contribution in [3.05, 3.63) is 22.5 Å². The highest BCUT2D eigenvalue weighted by molar-refractivity contribution is 7.98. The molecule has 1 heterocycles. The van der Waals surface area contributed by atoms with Gasteiger partial charge in [0, 0.05) is 4.90 Å². The third kappa shape index (κ3) is 1.64. The van der Waals surface area contributed by atoms with E-state index in [0.29, 0.717) is 10.1 Å². The highest BCUT2D eigenvalue weighted by Crippen LogP contribution is 2.38. The number of hydrogen-bond donors (Lipinski definition) is 1. The molecular formula is C9H7ClOS2. The molecule has 68 valence electrons. The lowest BCUT2D eigenvalue weighted by Crippen LogP contribution is -1.70. The first-order valence-corrected chi connectivity index (χ1v) is 6.08. The number of hydrogen-bond acceptors (Lipinski definition) is 3. The molecule has 0 saturated carbocycles. The summed E-state index contributed by atoms with van der Waals surface area (Å²) in [5, 5.41) is 10.6. The molecular weight excluding hydrogens is 224 g/mol. The summed E-state index contributed by atoms with van der Waals surface area (Å²) in [7, 11) is 0. The normalized spacial score (nSPS) is 10.9. The van der Waals surface area contributed by atoms with Crippen molar-refractivity contribution in [1.29, 1.82) is 0 Å². The number of phenolic OH excluding ortho intramolecular Hbond substituents is 1. The topological polar surface area (TPSA) is 20.2 Å². The zero-order valence-electron chi connectivity index (χ0n) is 6.87. The van der Waals surface area contributed by atoms with E-state index in [2.05, 4.69) is 0 Å². The van der Waals surface area contributed by atoms with E-state index in [1.165, 1.54) is 11.3 Å². The first-order chi connectivity index (χ1) is 6.20. The summed E-state index contributed by atoms with van der Waals surface area (Å²) in [6, 6.07) is 5.67. The van der Waals surface area contributed by atoms with Gasteiger partial charge in [0.1, 0.15) is 5.75 Å². The van der Waals surface area contributed by atoms with Crippen molar-refractivity contribution in [3.8, 4) is 5.75 Å². The van der Waals surface area contributed by atoms with Crippen LogP contribution in [0.4, 0.5) is 0 Å². The van der Waals surface area contributed by atoms with Gasteiger partial charge in [0.2, 0.25) is 0 Å². The Morgan fingerprint density at radius 3 is 2.85 bits per heavy atom. The molecule has 0 aliphatic rings. The van der Waals surface area contributed by atoms with Crippen LogP contribution >= 0.6 is 34.7 Å². The molecule has 2 aromatic rings. The monoisotopic (exact) mass is 230 g/mol. The van der Waals surface area contributed by atoms with E-state index < -0.39 is 0 Å². The number of aromatic hydroxyl groups is 1. The van der Waals surface area contributed by atoms with Gasteiger partial charge in [-0.1, -0.05) is 11.6 Å². The van der Waals surface area contributed by atoms with Crippen molar-refractivity contribution in [2.75, 3.05) is 6.26 Å². The second kappa shape index (κ2) is 3.40. The summed E-state index contributed by atoms with van der Waals surface area (Å²) >= 11 is 8.86. The van der Waals surface area contributed by atoms with Crippen molar-refractivity contribution < 1.29 is 5.11 Å². The number of phenols is 1. The quantitative estimate of drug-likeness (QED) is 0.748. The zero-order valence-corrected chi connectivity index (χ0v) is 9.26. The summed E-state index contributed by atoms with van der Waals surface area (Å²) < 4.78 is 1.58. The third-order valence-corrected chi connectivity index (χ3v) is 3.79. The fourth-order valence-electron chi connectivity index (χ4n) is 1.19. The van der Waals surface area contributed by atoms with E-state index in [9.17, 15) is 5.11 Å². The largest absolute Gasteiger partial charge is 0.506 e. The predicted octanol–water partition coefficient (Wildman–Crippen LogP) is 3.98. The van der Waals surface area contributed by atoms with Gasteiger partial charge in [-0.25, -0.2) is 0 Å². The molecule has 0 atom stereocenters. The average Bonchev–Trinajstić information content (AvgIpc) is 2.46. The van der Waals surface area contributed by atoms with Gasteiger partial charge in [-0.2, -0.15) is 0 Å². The van der Waals surface area contributed by atoms with Gasteiger partial charge in [-0.05, 0) is 29.8 Å². The first-order valence-electron chi connectivity index (χ1n) is 3.67. The summed E-state index contributed by atoms with van der Waals surface area (Å²) in [5.74, 6) is 0.318. The third-order valence-electron chi connectivity index (χ3n) is 1.78. The number of thioether (sulfide) groups is 1. The standard InChI is InChI=1S/C9H7ClOS2/c1-12-6-2-5-3-8(10)13-9(5)7(11)4-6/h2-4,11H,1H3. The fourth-order valence-corrected chi connectivity index (χ4v) is 2.80. The van der Waals surface area contributed by atoms with Crippen LogP contribution in [-0.4, -0.2) is 11.4 Å². The molecule has 4 heteroatoms. The molecule has 0 aliphatic carbocycles. The molecule has 0 amide bonds. The number of thiophene rings is 1. The Morgan fingerprint density at radius 1 is 1.38 bits per heavy atom. The minimum absolute atomic E-state index is 0.318. The average molecular weight is 231 g/mol. The van der Waals surface area contributed by atoms with E-state index in [-0.39, 0.29) is 0 Å². The summed E-state index contributed by atoms with van der Waals surface area (Å²) in [4.78, 5) is 1.06. The van der Waals surface area contributed by atoms with Crippen molar-refractivity contribution in [2.45, 2.75) is 4.90 Å². The van der Waals surface area contributed by atoms with Crippen LogP contribution < -0.4 is 0 Å². The van der Waals surface area contributed by atoms with E-state index in [4.69, 9.17) is 11.6 Å². The molecule has 0 spiro atoms. The van der Waals surface area contributed by atoms with E-state index >= 15 is 0 Å². The Kier molecular flexibility index (Phi) is 2.41. The molecule has 1 aromatic carbocycles. The van der Waals surface area contributed by atoms with E-state index in [1.54, 1.807) is 17.8 Å². The van der Waals surface area contributed by atoms with Crippen LogP contribution in [0.25, 0.3) is 10.1 Å². The van der Waals surface area contributed by atoms with Gasteiger partial charge in [0.15, 0.2) is 0 Å². The van der Waals surface area contributed by atoms with Crippen LogP contribution in [0.2, 0.25) is 4.34 Å². The van der Waals surface area contributed by atoms with Crippen LogP contribution in [0.1, 0.15) is 0 Å². The van der Waals surface area contributed by atoms with Crippen LogP contribution in [0.3, 0.4) is 0 Å². The predicted molar refractivity (Wildman–Crippen MR) is 60.3 cm³/mol. The summed E-state index contributed by atoms with van der Waals surface area (Å²) in [6.45, 7) is 0. The maximum Gasteiger partial charge on any atom is 0.134 e. The highest BCUT2D eigenvalue weighted by Gasteiger charge is 2.06. The van der Waals surface area contributed by atoms with Gasteiger partial charge in [-0.15, -0.1) is 23.1 Å². The van der Waals surface area contributed by atoms with Crippen molar-refractivity contribution in [3.63, 3.8) is 0 Å². The van der Waals surface area contributed by atoms with Crippen molar-refractivity contribution in [1.82, 2.24) is 0 Å². The second-order valence-corrected chi connectivity index (χ2v) is 5.18. The highest BCUT2D eigenvalue weighted by atomic mass is 35.5. The molecule has 1 nitrogen and oxygen atoms in total. The lowest BCUT2D eigenvalue weighted by Gasteiger charge is -1.98. The van der Waals surface area contributed by atoms with Gasteiger partial charge >= 0.3 is 0 Å². The Labute approximate surface area is 89.3 Å². The lowest BCUT2D eigenvalue weighted by molar-refractivity contribution is 0.481. The number of fused-ring (bicyclic) bond motifs is 1. The zero-order chi connectivity index (χ0) is 9.42. The van der Waals surface area contributed by atoms with Gasteiger partial charge in [0.05, 0.1) is 9.04 Å². The lowest BCUT2D eigenvalue weighted by atomic mass is 10.2. The Hall–Kier alpha value is -0.380. The number of halogens is 1. The second-order valence-electron chi connectivity index (χ2n) is 2.62.